The van der Waals surface area contributed by atoms with Crippen molar-refractivity contribution >= 4 is 32.4 Å². The summed E-state index contributed by atoms with van der Waals surface area (Å²) in [6, 6.07) is 3.31. The van der Waals surface area contributed by atoms with Gasteiger partial charge in [-0.1, -0.05) is 0 Å². The SMILES string of the molecule is Cc1[nH]nc(Nc2ncnc3cc(OCCN4CCNCC4)c(S(=O)(=O)C(C)(C)C)cc23)c1C. The van der Waals surface area contributed by atoms with Crippen LogP contribution in [0.15, 0.2) is 23.4 Å². The number of benzene rings is 1. The van der Waals surface area contributed by atoms with Crippen LogP contribution in [0.2, 0.25) is 0 Å². The Kier molecular flexibility index (Phi) is 6.79. The summed E-state index contributed by atoms with van der Waals surface area (Å²) in [6.07, 6.45) is 1.45. The number of hydrogen-bond donors (Lipinski definition) is 3. The summed E-state index contributed by atoms with van der Waals surface area (Å²) < 4.78 is 32.1. The summed E-state index contributed by atoms with van der Waals surface area (Å²) in [6.45, 7) is 13.8. The van der Waals surface area contributed by atoms with Crippen LogP contribution in [-0.4, -0.2) is 77.6 Å². The van der Waals surface area contributed by atoms with Gasteiger partial charge in [0.2, 0.25) is 0 Å². The van der Waals surface area contributed by atoms with Crippen LogP contribution in [-0.2, 0) is 9.84 Å². The Labute approximate surface area is 200 Å². The molecule has 10 nitrogen and oxygen atoms in total. The standard InChI is InChI=1S/C23H33N7O3S/c1-15-16(2)28-29-21(15)27-22-17-12-20(34(31,32)23(3,4)5)19(13-18(17)25-14-26-22)33-11-10-30-8-6-24-7-9-30/h12-14,24H,6-11H2,1-5H3,(H2,25,26,27,28,29). The van der Waals surface area contributed by atoms with Crippen LogP contribution in [0, 0.1) is 13.8 Å². The predicted molar refractivity (Wildman–Crippen MR) is 133 cm³/mol. The molecule has 11 heteroatoms. The molecule has 0 saturated carbocycles. The van der Waals surface area contributed by atoms with Gasteiger partial charge in [0.05, 0.1) is 10.3 Å². The Morgan fingerprint density at radius 3 is 2.50 bits per heavy atom. The minimum Gasteiger partial charge on any atom is -0.491 e. The minimum atomic E-state index is -3.70. The zero-order valence-corrected chi connectivity index (χ0v) is 21.2. The third kappa shape index (κ3) is 4.86. The highest BCUT2D eigenvalue weighted by molar-refractivity contribution is 7.92. The second kappa shape index (κ2) is 9.47. The molecule has 0 amide bonds. The second-order valence-corrected chi connectivity index (χ2v) is 12.2. The van der Waals surface area contributed by atoms with Gasteiger partial charge in [-0.15, -0.1) is 0 Å². The fourth-order valence-corrected chi connectivity index (χ4v) is 5.07. The summed E-state index contributed by atoms with van der Waals surface area (Å²) in [5.41, 5.74) is 2.49. The van der Waals surface area contributed by atoms with Crippen LogP contribution in [0.1, 0.15) is 32.0 Å². The first-order valence-electron chi connectivity index (χ1n) is 11.5. The smallest absolute Gasteiger partial charge is 0.186 e. The Bertz CT molecular complexity index is 1280. The normalized spacial score (nSPS) is 15.6. The largest absolute Gasteiger partial charge is 0.491 e. The van der Waals surface area contributed by atoms with Crippen molar-refractivity contribution in [1.82, 2.24) is 30.4 Å². The van der Waals surface area contributed by atoms with Crippen molar-refractivity contribution in [1.29, 1.82) is 0 Å². The highest BCUT2D eigenvalue weighted by atomic mass is 32.2. The van der Waals surface area contributed by atoms with Gasteiger partial charge in [-0.2, -0.15) is 5.10 Å². The molecular weight excluding hydrogens is 454 g/mol. The second-order valence-electron chi connectivity index (χ2n) is 9.54. The average Bonchev–Trinajstić information content (AvgIpc) is 3.11. The topological polar surface area (TPSA) is 125 Å². The third-order valence-electron chi connectivity index (χ3n) is 6.16. The van der Waals surface area contributed by atoms with Gasteiger partial charge in [-0.25, -0.2) is 18.4 Å². The molecule has 0 atom stereocenters. The molecule has 1 saturated heterocycles. The molecule has 1 fully saturated rings. The van der Waals surface area contributed by atoms with E-state index in [0.29, 0.717) is 34.9 Å². The van der Waals surface area contributed by atoms with E-state index in [2.05, 4.69) is 35.7 Å². The molecule has 1 aromatic carbocycles. The van der Waals surface area contributed by atoms with Gasteiger partial charge in [-0.05, 0) is 40.7 Å². The van der Waals surface area contributed by atoms with Gasteiger partial charge in [0.25, 0.3) is 0 Å². The predicted octanol–water partition coefficient (Wildman–Crippen LogP) is 2.57. The Hall–Kier alpha value is -2.76. The number of aromatic amines is 1. The number of fused-ring (bicyclic) bond motifs is 1. The lowest BCUT2D eigenvalue weighted by Gasteiger charge is -2.27. The maximum absolute atomic E-state index is 13.5. The summed E-state index contributed by atoms with van der Waals surface area (Å²) >= 11 is 0. The minimum absolute atomic E-state index is 0.139. The number of aromatic nitrogens is 4. The number of anilines is 2. The number of rotatable bonds is 7. The van der Waals surface area contributed by atoms with Crippen LogP contribution >= 0.6 is 0 Å². The van der Waals surface area contributed by atoms with Crippen molar-refractivity contribution in [2.45, 2.75) is 44.3 Å². The number of hydrogen-bond acceptors (Lipinski definition) is 9. The number of nitrogens with zero attached hydrogens (tertiary/aromatic N) is 4. The van der Waals surface area contributed by atoms with Crippen LogP contribution in [0.5, 0.6) is 5.75 Å². The van der Waals surface area contributed by atoms with Crippen LogP contribution in [0.25, 0.3) is 10.9 Å². The number of aryl methyl sites for hydroxylation is 1. The van der Waals surface area contributed by atoms with Crippen LogP contribution in [0.3, 0.4) is 0 Å². The van der Waals surface area contributed by atoms with Crippen molar-refractivity contribution in [2.75, 3.05) is 44.6 Å². The van der Waals surface area contributed by atoms with Crippen LogP contribution in [0.4, 0.5) is 11.6 Å². The molecule has 184 valence electrons. The zero-order valence-electron chi connectivity index (χ0n) is 20.4. The molecule has 0 unspecified atom stereocenters. The number of piperazine rings is 1. The molecule has 2 aromatic heterocycles. The van der Waals surface area contributed by atoms with E-state index < -0.39 is 14.6 Å². The Morgan fingerprint density at radius 2 is 1.85 bits per heavy atom. The molecule has 0 radical (unpaired) electrons. The molecule has 3 heterocycles. The third-order valence-corrected chi connectivity index (χ3v) is 8.67. The van der Waals surface area contributed by atoms with E-state index in [4.69, 9.17) is 4.74 Å². The van der Waals surface area contributed by atoms with E-state index in [9.17, 15) is 8.42 Å². The summed E-state index contributed by atoms with van der Waals surface area (Å²) in [5, 5.41) is 14.4. The fourth-order valence-electron chi connectivity index (χ4n) is 3.75. The first kappa shape index (κ1) is 24.4. The first-order valence-corrected chi connectivity index (χ1v) is 12.9. The Morgan fingerprint density at radius 1 is 1.12 bits per heavy atom. The number of H-pyrrole nitrogens is 1. The summed E-state index contributed by atoms with van der Waals surface area (Å²) in [4.78, 5) is 11.2. The number of sulfone groups is 1. The van der Waals surface area contributed by atoms with Gasteiger partial charge in [0.1, 0.15) is 29.4 Å². The van der Waals surface area contributed by atoms with E-state index in [-0.39, 0.29) is 4.90 Å². The zero-order chi connectivity index (χ0) is 24.5. The molecule has 0 bridgehead atoms. The summed E-state index contributed by atoms with van der Waals surface area (Å²) in [5.74, 6) is 1.43. The first-order chi connectivity index (χ1) is 16.1. The van der Waals surface area contributed by atoms with E-state index in [1.165, 1.54) is 6.33 Å². The molecule has 34 heavy (non-hydrogen) atoms. The highest BCUT2D eigenvalue weighted by Gasteiger charge is 2.34. The van der Waals surface area contributed by atoms with Gasteiger partial charge >= 0.3 is 0 Å². The monoisotopic (exact) mass is 487 g/mol. The van der Waals surface area contributed by atoms with E-state index in [0.717, 1.165) is 44.0 Å². The molecule has 0 aliphatic carbocycles. The number of nitrogens with one attached hydrogen (secondary N) is 3. The highest BCUT2D eigenvalue weighted by Crippen LogP contribution is 2.37. The van der Waals surface area contributed by atoms with Crippen molar-refractivity contribution in [3.8, 4) is 5.75 Å². The molecule has 1 aliphatic heterocycles. The van der Waals surface area contributed by atoms with Gasteiger partial charge < -0.3 is 15.4 Å². The van der Waals surface area contributed by atoms with Gasteiger partial charge in [0, 0.05) is 55.4 Å². The van der Waals surface area contributed by atoms with E-state index in [1.54, 1.807) is 32.9 Å². The van der Waals surface area contributed by atoms with Crippen molar-refractivity contribution in [3.05, 3.63) is 29.7 Å². The molecule has 1 aliphatic rings. The maximum Gasteiger partial charge on any atom is 0.186 e. The average molecular weight is 488 g/mol. The molecule has 4 rings (SSSR count). The molecule has 3 N–H and O–H groups in total. The lowest BCUT2D eigenvalue weighted by molar-refractivity contribution is 0.189. The fraction of sp³-hybridized carbons (Fsp3) is 0.522. The quantitative estimate of drug-likeness (QED) is 0.461. The van der Waals surface area contributed by atoms with Crippen LogP contribution < -0.4 is 15.4 Å². The Balaban J connectivity index is 1.73. The molecular formula is C23H33N7O3S. The van der Waals surface area contributed by atoms with Crippen molar-refractivity contribution in [3.63, 3.8) is 0 Å². The molecule has 3 aromatic rings. The van der Waals surface area contributed by atoms with E-state index >= 15 is 0 Å². The van der Waals surface area contributed by atoms with E-state index in [1.807, 2.05) is 13.8 Å². The maximum atomic E-state index is 13.5. The lowest BCUT2D eigenvalue weighted by atomic mass is 10.2. The van der Waals surface area contributed by atoms with Gasteiger partial charge in [-0.3, -0.25) is 10.00 Å². The van der Waals surface area contributed by atoms with Gasteiger partial charge in [0.15, 0.2) is 15.7 Å². The lowest BCUT2D eigenvalue weighted by Crippen LogP contribution is -2.44. The van der Waals surface area contributed by atoms with Crippen molar-refractivity contribution < 1.29 is 13.2 Å². The van der Waals surface area contributed by atoms with Crippen molar-refractivity contribution in [2.24, 2.45) is 0 Å². The number of ether oxygens (including phenoxy) is 1. The molecule has 0 spiro atoms. The summed E-state index contributed by atoms with van der Waals surface area (Å²) in [7, 11) is -3.70.